The highest BCUT2D eigenvalue weighted by Crippen LogP contribution is 2.31. The van der Waals surface area contributed by atoms with Gasteiger partial charge in [-0.25, -0.2) is 4.39 Å². The van der Waals surface area contributed by atoms with Gasteiger partial charge in [-0.2, -0.15) is 5.10 Å². The van der Waals surface area contributed by atoms with E-state index in [0.29, 0.717) is 19.0 Å². The fourth-order valence-corrected chi connectivity index (χ4v) is 4.77. The number of nitrogens with zero attached hydrogens (tertiary/aromatic N) is 4. The standard InChI is InChI=1S/C24H31FN4O/c1-18-21(16-27(2)26-18)17-28-13-10-20(11-14-28)23-5-3-4-12-29(24(23)30)15-19-6-8-22(25)9-7-19/h3-4,6-9,16,20,23H,5,10-15,17H2,1-2H3. The molecule has 0 aliphatic carbocycles. The number of rotatable bonds is 5. The van der Waals surface area contributed by atoms with E-state index >= 15 is 0 Å². The Morgan fingerprint density at radius 3 is 2.50 bits per heavy atom. The smallest absolute Gasteiger partial charge is 0.226 e. The Morgan fingerprint density at radius 2 is 1.83 bits per heavy atom. The first-order valence-corrected chi connectivity index (χ1v) is 10.9. The van der Waals surface area contributed by atoms with Crippen LogP contribution in [-0.4, -0.2) is 45.1 Å². The quantitative estimate of drug-likeness (QED) is 0.706. The van der Waals surface area contributed by atoms with Crippen molar-refractivity contribution in [2.45, 2.75) is 39.3 Å². The molecule has 1 atom stereocenters. The van der Waals surface area contributed by atoms with Crippen LogP contribution in [0.1, 0.15) is 36.1 Å². The van der Waals surface area contributed by atoms with Crippen molar-refractivity contribution in [2.75, 3.05) is 19.6 Å². The minimum Gasteiger partial charge on any atom is -0.334 e. The van der Waals surface area contributed by atoms with E-state index in [-0.39, 0.29) is 17.6 Å². The summed E-state index contributed by atoms with van der Waals surface area (Å²) in [5.41, 5.74) is 3.36. The average Bonchev–Trinajstić information content (AvgIpc) is 2.94. The summed E-state index contributed by atoms with van der Waals surface area (Å²) < 4.78 is 15.1. The Morgan fingerprint density at radius 1 is 1.10 bits per heavy atom. The number of hydrogen-bond donors (Lipinski definition) is 0. The fraction of sp³-hybridized carbons (Fsp3) is 0.500. The van der Waals surface area contributed by atoms with Gasteiger partial charge in [-0.3, -0.25) is 14.4 Å². The molecule has 1 fully saturated rings. The van der Waals surface area contributed by atoms with Crippen LogP contribution in [0.15, 0.2) is 42.6 Å². The van der Waals surface area contributed by atoms with Gasteiger partial charge in [-0.15, -0.1) is 0 Å². The molecular weight excluding hydrogens is 379 g/mol. The van der Waals surface area contributed by atoms with Crippen molar-refractivity contribution >= 4 is 5.91 Å². The molecule has 0 saturated carbocycles. The maximum atomic E-state index is 13.3. The maximum Gasteiger partial charge on any atom is 0.226 e. The van der Waals surface area contributed by atoms with Gasteiger partial charge >= 0.3 is 0 Å². The summed E-state index contributed by atoms with van der Waals surface area (Å²) in [6.45, 7) is 6.20. The lowest BCUT2D eigenvalue weighted by molar-refractivity contribution is -0.137. The lowest BCUT2D eigenvalue weighted by Crippen LogP contribution is -2.42. The first-order valence-electron chi connectivity index (χ1n) is 10.9. The summed E-state index contributed by atoms with van der Waals surface area (Å²) in [6, 6.07) is 6.46. The van der Waals surface area contributed by atoms with E-state index in [1.54, 1.807) is 12.1 Å². The van der Waals surface area contributed by atoms with Crippen molar-refractivity contribution in [3.05, 3.63) is 65.3 Å². The molecule has 3 heterocycles. The zero-order chi connectivity index (χ0) is 21.1. The van der Waals surface area contributed by atoms with Gasteiger partial charge in [0, 0.05) is 44.4 Å². The number of benzene rings is 1. The minimum atomic E-state index is -0.244. The maximum absolute atomic E-state index is 13.3. The third-order valence-corrected chi connectivity index (χ3v) is 6.51. The predicted molar refractivity (Wildman–Crippen MR) is 115 cm³/mol. The summed E-state index contributed by atoms with van der Waals surface area (Å²) in [7, 11) is 1.96. The molecule has 1 unspecified atom stereocenters. The Labute approximate surface area is 178 Å². The van der Waals surface area contributed by atoms with Crippen molar-refractivity contribution in [3.63, 3.8) is 0 Å². The molecule has 6 heteroatoms. The molecule has 1 saturated heterocycles. The Bertz CT molecular complexity index is 896. The highest BCUT2D eigenvalue weighted by molar-refractivity contribution is 5.80. The van der Waals surface area contributed by atoms with Gasteiger partial charge in [0.1, 0.15) is 5.82 Å². The predicted octanol–water partition coefficient (Wildman–Crippen LogP) is 3.68. The molecule has 30 heavy (non-hydrogen) atoms. The minimum absolute atomic E-state index is 0.0477. The second kappa shape index (κ2) is 9.13. The van der Waals surface area contributed by atoms with Crippen molar-refractivity contribution in [1.29, 1.82) is 0 Å². The molecule has 160 valence electrons. The number of carbonyl (C=O) groups is 1. The van der Waals surface area contributed by atoms with E-state index in [1.165, 1.54) is 17.7 Å². The number of hydrogen-bond acceptors (Lipinski definition) is 3. The van der Waals surface area contributed by atoms with Crippen LogP contribution in [0, 0.1) is 24.6 Å². The molecule has 5 nitrogen and oxygen atoms in total. The van der Waals surface area contributed by atoms with Gasteiger partial charge in [0.15, 0.2) is 0 Å². The number of aryl methyl sites for hydroxylation is 2. The summed E-state index contributed by atoms with van der Waals surface area (Å²) in [5, 5.41) is 4.44. The van der Waals surface area contributed by atoms with Crippen molar-refractivity contribution in [2.24, 2.45) is 18.9 Å². The first kappa shape index (κ1) is 20.8. The van der Waals surface area contributed by atoms with Crippen LogP contribution in [-0.2, 0) is 24.9 Å². The molecule has 1 amide bonds. The molecule has 2 aliphatic heterocycles. The number of amides is 1. The van der Waals surface area contributed by atoms with Gasteiger partial charge in [-0.1, -0.05) is 24.3 Å². The van der Waals surface area contributed by atoms with Crippen LogP contribution in [0.4, 0.5) is 4.39 Å². The monoisotopic (exact) mass is 410 g/mol. The largest absolute Gasteiger partial charge is 0.334 e. The van der Waals surface area contributed by atoms with Gasteiger partial charge in [-0.05, 0) is 62.9 Å². The molecule has 0 spiro atoms. The summed E-state index contributed by atoms with van der Waals surface area (Å²) in [5.74, 6) is 0.464. The van der Waals surface area contributed by atoms with Crippen LogP contribution in [0.3, 0.4) is 0 Å². The Kier molecular flexibility index (Phi) is 6.32. The summed E-state index contributed by atoms with van der Waals surface area (Å²) in [6.07, 6.45) is 9.29. The van der Waals surface area contributed by atoms with Crippen molar-refractivity contribution < 1.29 is 9.18 Å². The second-order valence-corrected chi connectivity index (χ2v) is 8.69. The molecule has 0 radical (unpaired) electrons. The van der Waals surface area contributed by atoms with Crippen LogP contribution < -0.4 is 0 Å². The average molecular weight is 411 g/mol. The van der Waals surface area contributed by atoms with Crippen LogP contribution in [0.25, 0.3) is 0 Å². The topological polar surface area (TPSA) is 41.4 Å². The van der Waals surface area contributed by atoms with Crippen molar-refractivity contribution in [3.8, 4) is 0 Å². The molecule has 1 aromatic heterocycles. The summed E-state index contributed by atoms with van der Waals surface area (Å²) in [4.78, 5) is 17.7. The lowest BCUT2D eigenvalue weighted by Gasteiger charge is -2.36. The number of piperidine rings is 1. The third-order valence-electron chi connectivity index (χ3n) is 6.51. The van der Waals surface area contributed by atoms with Crippen LogP contribution in [0.2, 0.25) is 0 Å². The molecule has 2 aliphatic rings. The normalized spacial score (nSPS) is 21.2. The number of likely N-dealkylation sites (tertiary alicyclic amines) is 1. The van der Waals surface area contributed by atoms with E-state index in [2.05, 4.69) is 35.3 Å². The number of carbonyl (C=O) groups excluding carboxylic acids is 1. The van der Waals surface area contributed by atoms with E-state index in [0.717, 1.165) is 50.2 Å². The van der Waals surface area contributed by atoms with Crippen molar-refractivity contribution in [1.82, 2.24) is 19.6 Å². The molecular formula is C24H31FN4O. The van der Waals surface area contributed by atoms with E-state index in [1.807, 2.05) is 16.6 Å². The summed E-state index contributed by atoms with van der Waals surface area (Å²) >= 11 is 0. The molecule has 2 aromatic rings. The number of halogens is 1. The zero-order valence-corrected chi connectivity index (χ0v) is 17.9. The highest BCUT2D eigenvalue weighted by Gasteiger charge is 2.34. The molecule has 0 N–H and O–H groups in total. The van der Waals surface area contributed by atoms with E-state index < -0.39 is 0 Å². The Hall–Kier alpha value is -2.47. The lowest BCUT2D eigenvalue weighted by atomic mass is 9.81. The van der Waals surface area contributed by atoms with Gasteiger partial charge in [0.05, 0.1) is 5.69 Å². The molecule has 4 rings (SSSR count). The van der Waals surface area contributed by atoms with Gasteiger partial charge in [0.2, 0.25) is 5.91 Å². The fourth-order valence-electron chi connectivity index (χ4n) is 4.77. The van der Waals surface area contributed by atoms with E-state index in [4.69, 9.17) is 0 Å². The highest BCUT2D eigenvalue weighted by atomic mass is 19.1. The molecule has 1 aromatic carbocycles. The van der Waals surface area contributed by atoms with Gasteiger partial charge in [0.25, 0.3) is 0 Å². The number of allylic oxidation sites excluding steroid dienone is 1. The van der Waals surface area contributed by atoms with E-state index in [9.17, 15) is 9.18 Å². The van der Waals surface area contributed by atoms with Crippen LogP contribution in [0.5, 0.6) is 0 Å². The third kappa shape index (κ3) is 4.81. The first-order chi connectivity index (χ1) is 14.5. The Balaban J connectivity index is 1.36. The zero-order valence-electron chi connectivity index (χ0n) is 17.9. The molecule has 0 bridgehead atoms. The number of aromatic nitrogens is 2. The SMILES string of the molecule is Cc1nn(C)cc1CN1CCC(C2CC=CCN(Cc3ccc(F)cc3)C2=O)CC1. The van der Waals surface area contributed by atoms with Crippen LogP contribution >= 0.6 is 0 Å². The second-order valence-electron chi connectivity index (χ2n) is 8.69. The van der Waals surface area contributed by atoms with Gasteiger partial charge < -0.3 is 4.90 Å².